The Labute approximate surface area is 154 Å². The summed E-state index contributed by atoms with van der Waals surface area (Å²) in [6.07, 6.45) is 0. The minimum atomic E-state index is -3.26. The molecular weight excluding hydrogens is 348 g/mol. The second-order valence-electron chi connectivity index (χ2n) is 5.82. The van der Waals surface area contributed by atoms with E-state index in [9.17, 15) is 14.3 Å². The van der Waals surface area contributed by atoms with Gasteiger partial charge in [-0.05, 0) is 25.1 Å². The molecule has 5 nitrogen and oxygen atoms in total. The van der Waals surface area contributed by atoms with Crippen LogP contribution in [0.2, 0.25) is 0 Å². The minimum Gasteiger partial charge on any atom is -0.410 e. The molecule has 0 heterocycles. The summed E-state index contributed by atoms with van der Waals surface area (Å²) in [5, 5.41) is 13.0. The number of benzene rings is 3. The molecule has 3 rings (SSSR count). The van der Waals surface area contributed by atoms with Crippen molar-refractivity contribution in [2.75, 3.05) is 4.72 Å². The van der Waals surface area contributed by atoms with Gasteiger partial charge in [0.25, 0.3) is 0 Å². The monoisotopic (exact) mass is 368 g/mol. The van der Waals surface area contributed by atoms with Gasteiger partial charge < -0.3 is 5.21 Å². The molecule has 0 aliphatic carbocycles. The third-order valence-electron chi connectivity index (χ3n) is 3.93. The molecule has 3 aromatic rings. The number of nitrogens with one attached hydrogen (secondary N) is 1. The Hall–Kier alpha value is -2.80. The van der Waals surface area contributed by atoms with Crippen molar-refractivity contribution >= 4 is 22.2 Å². The molecule has 26 heavy (non-hydrogen) atoms. The predicted octanol–water partition coefficient (Wildman–Crippen LogP) is 5.36. The van der Waals surface area contributed by atoms with Crippen LogP contribution in [-0.4, -0.2) is 20.0 Å². The third-order valence-corrected chi connectivity index (χ3v) is 5.37. The average molecular weight is 368 g/mol. The zero-order valence-electron chi connectivity index (χ0n) is 14.2. The standard InChI is InChI=1S/C20H20N2O3S/c1-15-11-13-17(14-12-15)26(24,25)22-19-10-6-5-9-18(19)20(21-23)16-7-3-2-4-8-16/h2-14,22-25H,1H3. The molecule has 3 aromatic carbocycles. The predicted molar refractivity (Wildman–Crippen MR) is 106 cm³/mol. The van der Waals surface area contributed by atoms with Gasteiger partial charge in [-0.25, -0.2) is 0 Å². The maximum Gasteiger partial charge on any atom is 0.119 e. The van der Waals surface area contributed by atoms with Crippen LogP contribution in [0.5, 0.6) is 0 Å². The van der Waals surface area contributed by atoms with E-state index in [1.165, 1.54) is 0 Å². The van der Waals surface area contributed by atoms with Gasteiger partial charge in [-0.2, -0.15) is 0 Å². The highest BCUT2D eigenvalue weighted by Gasteiger charge is 2.19. The van der Waals surface area contributed by atoms with E-state index in [0.29, 0.717) is 21.9 Å². The van der Waals surface area contributed by atoms with Crippen molar-refractivity contribution in [3.8, 4) is 0 Å². The van der Waals surface area contributed by atoms with Gasteiger partial charge in [0, 0.05) is 11.1 Å². The number of nitrogens with zero attached hydrogens (tertiary/aromatic N) is 1. The lowest BCUT2D eigenvalue weighted by atomic mass is 10.0. The fraction of sp³-hybridized carbons (Fsp3) is 0.0500. The molecule has 0 bridgehead atoms. The van der Waals surface area contributed by atoms with E-state index in [0.717, 1.165) is 11.1 Å². The van der Waals surface area contributed by atoms with Gasteiger partial charge in [0.15, 0.2) is 0 Å². The van der Waals surface area contributed by atoms with Crippen LogP contribution in [0.15, 0.2) is 88.9 Å². The topological polar surface area (TPSA) is 85.1 Å². The molecule has 6 heteroatoms. The number of oxime groups is 1. The summed E-state index contributed by atoms with van der Waals surface area (Å²) in [4.78, 5) is 0.389. The van der Waals surface area contributed by atoms with E-state index in [4.69, 9.17) is 0 Å². The van der Waals surface area contributed by atoms with E-state index in [-0.39, 0.29) is 0 Å². The third kappa shape index (κ3) is 3.88. The fourth-order valence-corrected chi connectivity index (χ4v) is 3.70. The molecule has 134 valence electrons. The molecule has 4 N–H and O–H groups in total. The van der Waals surface area contributed by atoms with Crippen molar-refractivity contribution in [2.45, 2.75) is 11.8 Å². The van der Waals surface area contributed by atoms with Crippen LogP contribution in [-0.2, 0) is 0 Å². The molecule has 0 fully saturated rings. The second-order valence-corrected chi connectivity index (χ2v) is 7.60. The van der Waals surface area contributed by atoms with Crippen molar-refractivity contribution in [2.24, 2.45) is 5.16 Å². The lowest BCUT2D eigenvalue weighted by Gasteiger charge is -2.34. The normalized spacial score (nSPS) is 12.7. The maximum absolute atomic E-state index is 10.6. The molecule has 0 aliphatic rings. The van der Waals surface area contributed by atoms with Crippen LogP contribution < -0.4 is 4.72 Å². The number of rotatable bonds is 5. The Kier molecular flexibility index (Phi) is 5.27. The molecule has 0 radical (unpaired) electrons. The lowest BCUT2D eigenvalue weighted by molar-refractivity contribution is 0.319. The first-order chi connectivity index (χ1) is 12.5. The molecule has 0 aromatic heterocycles. The molecule has 0 spiro atoms. The molecule has 0 aliphatic heterocycles. The summed E-state index contributed by atoms with van der Waals surface area (Å²) < 4.78 is 24.0. The Balaban J connectivity index is 1.98. The van der Waals surface area contributed by atoms with E-state index >= 15 is 0 Å². The van der Waals surface area contributed by atoms with Crippen LogP contribution in [0.4, 0.5) is 5.69 Å². The SMILES string of the molecule is Cc1ccc(S(O)(O)Nc2ccccc2C(=NO)c2ccccc2)cc1. The molecule has 0 unspecified atom stereocenters. The zero-order valence-corrected chi connectivity index (χ0v) is 15.0. The minimum absolute atomic E-state index is 0.341. The highest BCUT2D eigenvalue weighted by Crippen LogP contribution is 2.48. The van der Waals surface area contributed by atoms with Crippen LogP contribution in [0.1, 0.15) is 16.7 Å². The van der Waals surface area contributed by atoms with Crippen molar-refractivity contribution in [1.29, 1.82) is 0 Å². The Morgan fingerprint density at radius 2 is 1.46 bits per heavy atom. The molecule has 0 atom stereocenters. The Bertz CT molecular complexity index is 910. The number of para-hydroxylation sites is 1. The van der Waals surface area contributed by atoms with Crippen molar-refractivity contribution in [1.82, 2.24) is 0 Å². The average Bonchev–Trinajstić information content (AvgIpc) is 2.65. The Morgan fingerprint density at radius 1 is 0.846 bits per heavy atom. The van der Waals surface area contributed by atoms with Gasteiger partial charge >= 0.3 is 0 Å². The van der Waals surface area contributed by atoms with Crippen LogP contribution in [0, 0.1) is 6.92 Å². The highest BCUT2D eigenvalue weighted by molar-refractivity contribution is 8.25. The van der Waals surface area contributed by atoms with E-state index < -0.39 is 10.8 Å². The van der Waals surface area contributed by atoms with Gasteiger partial charge in [-0.3, -0.25) is 13.8 Å². The van der Waals surface area contributed by atoms with Gasteiger partial charge in [0.1, 0.15) is 5.71 Å². The number of hydrogen-bond donors (Lipinski definition) is 4. The summed E-state index contributed by atoms with van der Waals surface area (Å²) >= 11 is 0. The Morgan fingerprint density at radius 3 is 2.12 bits per heavy atom. The van der Waals surface area contributed by atoms with E-state index in [2.05, 4.69) is 9.88 Å². The summed E-state index contributed by atoms with van der Waals surface area (Å²) in [7, 11) is -3.26. The van der Waals surface area contributed by atoms with Crippen LogP contribution in [0.25, 0.3) is 0 Å². The highest BCUT2D eigenvalue weighted by atomic mass is 32.3. The molecule has 0 saturated carbocycles. The zero-order chi connectivity index (χ0) is 18.6. The van der Waals surface area contributed by atoms with Gasteiger partial charge in [-0.1, -0.05) is 82.2 Å². The van der Waals surface area contributed by atoms with Crippen LogP contribution >= 0.6 is 10.8 Å². The number of hydrogen-bond acceptors (Lipinski definition) is 5. The first-order valence-corrected chi connectivity index (χ1v) is 9.55. The first-order valence-electron chi connectivity index (χ1n) is 8.01. The number of anilines is 1. The van der Waals surface area contributed by atoms with Gasteiger partial charge in [0.05, 0.1) is 10.6 Å². The first kappa shape index (κ1) is 18.0. The van der Waals surface area contributed by atoms with Crippen LogP contribution in [0.3, 0.4) is 0 Å². The molecule has 0 amide bonds. The van der Waals surface area contributed by atoms with Gasteiger partial charge in [0.2, 0.25) is 0 Å². The molecule has 0 saturated heterocycles. The summed E-state index contributed by atoms with van der Waals surface area (Å²) in [6, 6.07) is 23.3. The second kappa shape index (κ2) is 7.61. The summed E-state index contributed by atoms with van der Waals surface area (Å²) in [5.74, 6) is 0. The largest absolute Gasteiger partial charge is 0.410 e. The quantitative estimate of drug-likeness (QED) is 0.277. The van der Waals surface area contributed by atoms with Crippen molar-refractivity contribution in [3.63, 3.8) is 0 Å². The van der Waals surface area contributed by atoms with Gasteiger partial charge in [-0.15, -0.1) is 0 Å². The fourth-order valence-electron chi connectivity index (χ4n) is 2.58. The van der Waals surface area contributed by atoms with Crippen molar-refractivity contribution < 1.29 is 14.3 Å². The number of aryl methyl sites for hydroxylation is 1. The summed E-state index contributed by atoms with van der Waals surface area (Å²) in [6.45, 7) is 1.93. The maximum atomic E-state index is 10.6. The van der Waals surface area contributed by atoms with E-state index in [1.54, 1.807) is 36.4 Å². The smallest absolute Gasteiger partial charge is 0.119 e. The molecular formula is C20H20N2O3S. The summed E-state index contributed by atoms with van der Waals surface area (Å²) in [5.41, 5.74) is 3.12. The van der Waals surface area contributed by atoms with E-state index in [1.807, 2.05) is 49.4 Å². The lowest BCUT2D eigenvalue weighted by Crippen LogP contribution is -2.13. The van der Waals surface area contributed by atoms with Crippen molar-refractivity contribution in [3.05, 3.63) is 95.6 Å².